The maximum atomic E-state index is 11.8. The zero-order chi connectivity index (χ0) is 15.6. The molecule has 0 spiro atoms. The van der Waals surface area contributed by atoms with Crippen molar-refractivity contribution >= 4 is 17.5 Å². The minimum atomic E-state index is -0.282. The standard InChI is InChI=1S/C15H24N4O2.CH4/c1-10-8-19(13-5-6-17-7-12(13)16)9-11(2)14(10)18(3)15(20)21-4;/h5-7,10-11,14H,8-9,16H2,1-4H3;1H4/t10-,11+,14?;. The molecule has 0 aliphatic carbocycles. The monoisotopic (exact) mass is 308 g/mol. The summed E-state index contributed by atoms with van der Waals surface area (Å²) in [6, 6.07) is 2.11. The van der Waals surface area contributed by atoms with Crippen LogP contribution in [0.2, 0.25) is 0 Å². The van der Waals surface area contributed by atoms with Crippen LogP contribution in [0.4, 0.5) is 16.2 Å². The Morgan fingerprint density at radius 3 is 2.50 bits per heavy atom. The number of carbonyl (C=O) groups is 1. The highest BCUT2D eigenvalue weighted by Gasteiger charge is 2.37. The molecule has 2 heterocycles. The summed E-state index contributed by atoms with van der Waals surface area (Å²) in [4.78, 5) is 19.8. The van der Waals surface area contributed by atoms with E-state index >= 15 is 0 Å². The molecule has 6 heteroatoms. The van der Waals surface area contributed by atoms with E-state index in [1.54, 1.807) is 24.3 Å². The molecule has 0 aromatic carbocycles. The van der Waals surface area contributed by atoms with Crippen molar-refractivity contribution in [3.05, 3.63) is 18.5 Å². The SMILES string of the molecule is C.COC(=O)N(C)C1[C@H](C)CN(c2ccncc2N)C[C@@H]1C. The molecule has 1 unspecified atom stereocenters. The summed E-state index contributed by atoms with van der Waals surface area (Å²) in [6.07, 6.45) is 3.15. The molecule has 1 aliphatic rings. The summed E-state index contributed by atoms with van der Waals surface area (Å²) >= 11 is 0. The molecule has 2 N–H and O–H groups in total. The number of piperidine rings is 1. The van der Waals surface area contributed by atoms with Crippen LogP contribution in [0.5, 0.6) is 0 Å². The van der Waals surface area contributed by atoms with Crippen molar-refractivity contribution in [2.75, 3.05) is 37.9 Å². The predicted octanol–water partition coefficient (Wildman–Crippen LogP) is 2.46. The Morgan fingerprint density at radius 2 is 2.00 bits per heavy atom. The largest absolute Gasteiger partial charge is 0.453 e. The Balaban J connectivity index is 0.00000242. The van der Waals surface area contributed by atoms with E-state index in [2.05, 4.69) is 23.7 Å². The van der Waals surface area contributed by atoms with Crippen molar-refractivity contribution in [3.8, 4) is 0 Å². The van der Waals surface area contributed by atoms with Gasteiger partial charge in [-0.2, -0.15) is 0 Å². The van der Waals surface area contributed by atoms with Crippen LogP contribution in [0, 0.1) is 11.8 Å². The van der Waals surface area contributed by atoms with E-state index in [-0.39, 0.29) is 19.6 Å². The lowest BCUT2D eigenvalue weighted by Gasteiger charge is -2.45. The second-order valence-electron chi connectivity index (χ2n) is 5.87. The fraction of sp³-hybridized carbons (Fsp3) is 0.625. The normalized spacial score (nSPS) is 24.4. The van der Waals surface area contributed by atoms with Crippen LogP contribution in [0.25, 0.3) is 0 Å². The third-order valence-electron chi connectivity index (χ3n) is 4.26. The van der Waals surface area contributed by atoms with E-state index in [9.17, 15) is 4.79 Å². The van der Waals surface area contributed by atoms with Gasteiger partial charge in [0, 0.05) is 32.4 Å². The number of methoxy groups -OCH3 is 1. The van der Waals surface area contributed by atoms with Crippen molar-refractivity contribution in [2.45, 2.75) is 27.3 Å². The van der Waals surface area contributed by atoms with E-state index in [1.165, 1.54) is 7.11 Å². The van der Waals surface area contributed by atoms with Crippen LogP contribution < -0.4 is 10.6 Å². The number of amides is 1. The van der Waals surface area contributed by atoms with Gasteiger partial charge in [0.15, 0.2) is 0 Å². The van der Waals surface area contributed by atoms with Gasteiger partial charge in [-0.05, 0) is 17.9 Å². The van der Waals surface area contributed by atoms with Crippen LogP contribution in [0.3, 0.4) is 0 Å². The number of pyridine rings is 1. The number of anilines is 2. The number of rotatable bonds is 2. The molecule has 2 rings (SSSR count). The van der Waals surface area contributed by atoms with E-state index < -0.39 is 0 Å². The quantitative estimate of drug-likeness (QED) is 0.908. The molecular formula is C16H28N4O2. The molecule has 1 aromatic heterocycles. The number of hydrogen-bond donors (Lipinski definition) is 1. The van der Waals surface area contributed by atoms with Crippen LogP contribution in [-0.4, -0.2) is 49.3 Å². The number of carbonyl (C=O) groups excluding carboxylic acids is 1. The van der Waals surface area contributed by atoms with Crippen LogP contribution in [-0.2, 0) is 4.74 Å². The van der Waals surface area contributed by atoms with Gasteiger partial charge in [-0.25, -0.2) is 4.79 Å². The summed E-state index contributed by atoms with van der Waals surface area (Å²) < 4.78 is 4.84. The Hall–Kier alpha value is -1.98. The second-order valence-corrected chi connectivity index (χ2v) is 5.87. The lowest BCUT2D eigenvalue weighted by molar-refractivity contribution is 0.0791. The van der Waals surface area contributed by atoms with Crippen molar-refractivity contribution in [1.29, 1.82) is 0 Å². The average molecular weight is 308 g/mol. The van der Waals surface area contributed by atoms with E-state index in [0.29, 0.717) is 17.5 Å². The lowest BCUT2D eigenvalue weighted by atomic mass is 9.84. The number of ether oxygens (including phenoxy) is 1. The Labute approximate surface area is 133 Å². The number of hydrogen-bond acceptors (Lipinski definition) is 5. The summed E-state index contributed by atoms with van der Waals surface area (Å²) in [5, 5.41) is 0. The fourth-order valence-electron chi connectivity index (χ4n) is 3.46. The highest BCUT2D eigenvalue weighted by Crippen LogP contribution is 2.32. The maximum absolute atomic E-state index is 11.8. The molecule has 1 aliphatic heterocycles. The Bertz CT molecular complexity index is 497. The second kappa shape index (κ2) is 7.33. The average Bonchev–Trinajstić information content (AvgIpc) is 2.45. The summed E-state index contributed by atoms with van der Waals surface area (Å²) in [7, 11) is 3.22. The van der Waals surface area contributed by atoms with Gasteiger partial charge < -0.3 is 20.3 Å². The van der Waals surface area contributed by atoms with Crippen molar-refractivity contribution in [2.24, 2.45) is 11.8 Å². The molecule has 1 aromatic rings. The molecule has 22 heavy (non-hydrogen) atoms. The van der Waals surface area contributed by atoms with Gasteiger partial charge in [-0.3, -0.25) is 4.98 Å². The molecule has 6 nitrogen and oxygen atoms in total. The lowest BCUT2D eigenvalue weighted by Crippen LogP contribution is -2.55. The first-order valence-electron chi connectivity index (χ1n) is 7.21. The first-order valence-corrected chi connectivity index (χ1v) is 7.21. The summed E-state index contributed by atoms with van der Waals surface area (Å²) in [6.45, 7) is 6.02. The number of nitrogens with zero attached hydrogens (tertiary/aromatic N) is 3. The molecule has 0 bridgehead atoms. The van der Waals surface area contributed by atoms with Crippen LogP contribution in [0.15, 0.2) is 18.5 Å². The third kappa shape index (κ3) is 3.43. The molecule has 1 fully saturated rings. The molecule has 0 saturated carbocycles. The molecule has 0 radical (unpaired) electrons. The van der Waals surface area contributed by atoms with Crippen molar-refractivity contribution in [1.82, 2.24) is 9.88 Å². The van der Waals surface area contributed by atoms with Crippen molar-refractivity contribution < 1.29 is 9.53 Å². The van der Waals surface area contributed by atoms with Gasteiger partial charge >= 0.3 is 6.09 Å². The van der Waals surface area contributed by atoms with E-state index in [1.807, 2.05) is 6.07 Å². The minimum Gasteiger partial charge on any atom is -0.453 e. The van der Waals surface area contributed by atoms with Gasteiger partial charge in [0.25, 0.3) is 0 Å². The molecular weight excluding hydrogens is 280 g/mol. The first kappa shape index (κ1) is 18.1. The third-order valence-corrected chi connectivity index (χ3v) is 4.26. The predicted molar refractivity (Wildman–Crippen MR) is 89.9 cm³/mol. The highest BCUT2D eigenvalue weighted by atomic mass is 16.5. The molecule has 1 amide bonds. The number of nitrogens with two attached hydrogens (primary N) is 1. The highest BCUT2D eigenvalue weighted by molar-refractivity contribution is 5.68. The molecule has 3 atom stereocenters. The minimum absolute atomic E-state index is 0. The first-order chi connectivity index (χ1) is 9.95. The summed E-state index contributed by atoms with van der Waals surface area (Å²) in [5.74, 6) is 0.649. The van der Waals surface area contributed by atoms with Gasteiger partial charge in [0.1, 0.15) is 0 Å². The van der Waals surface area contributed by atoms with Crippen LogP contribution in [0.1, 0.15) is 21.3 Å². The summed E-state index contributed by atoms with van der Waals surface area (Å²) in [5.41, 5.74) is 7.73. The van der Waals surface area contributed by atoms with E-state index in [0.717, 1.165) is 18.8 Å². The topological polar surface area (TPSA) is 71.7 Å². The Morgan fingerprint density at radius 1 is 1.41 bits per heavy atom. The van der Waals surface area contributed by atoms with Gasteiger partial charge in [-0.15, -0.1) is 0 Å². The number of aromatic nitrogens is 1. The molecule has 1 saturated heterocycles. The van der Waals surface area contributed by atoms with Gasteiger partial charge in [0.05, 0.1) is 24.7 Å². The van der Waals surface area contributed by atoms with E-state index in [4.69, 9.17) is 10.5 Å². The Kier molecular flexibility index (Phi) is 6.02. The number of nitrogen functional groups attached to an aromatic ring is 1. The smallest absolute Gasteiger partial charge is 0.409 e. The molecule has 124 valence electrons. The van der Waals surface area contributed by atoms with Gasteiger partial charge in [-0.1, -0.05) is 21.3 Å². The zero-order valence-electron chi connectivity index (χ0n) is 13.1. The fourth-order valence-corrected chi connectivity index (χ4v) is 3.46. The van der Waals surface area contributed by atoms with Crippen molar-refractivity contribution in [3.63, 3.8) is 0 Å². The van der Waals surface area contributed by atoms with Gasteiger partial charge in [0.2, 0.25) is 0 Å². The zero-order valence-corrected chi connectivity index (χ0v) is 13.1. The maximum Gasteiger partial charge on any atom is 0.409 e. The van der Waals surface area contributed by atoms with Crippen LogP contribution >= 0.6 is 0 Å².